The third kappa shape index (κ3) is 2.62. The highest BCUT2D eigenvalue weighted by atomic mass is 14.1. The number of hydrogen-bond donors (Lipinski definition) is 0. The minimum absolute atomic E-state index is 1.02. The predicted molar refractivity (Wildman–Crippen MR) is 95.5 cm³/mol. The van der Waals surface area contributed by atoms with E-state index in [0.717, 1.165) is 6.42 Å². The van der Waals surface area contributed by atoms with Crippen molar-refractivity contribution >= 4 is 33.7 Å². The molecular weight excluding hydrogens is 252 g/mol. The van der Waals surface area contributed by atoms with E-state index in [2.05, 4.69) is 72.8 Å². The summed E-state index contributed by atoms with van der Waals surface area (Å²) in [6.07, 6.45) is 9.91. The van der Waals surface area contributed by atoms with Crippen molar-refractivity contribution in [2.24, 2.45) is 0 Å². The molecule has 0 unspecified atom stereocenters. The van der Waals surface area contributed by atoms with E-state index in [1.54, 1.807) is 0 Å². The Morgan fingerprint density at radius 3 is 1.57 bits per heavy atom. The fraction of sp³-hybridized carbons (Fsp3) is 0.143. The van der Waals surface area contributed by atoms with E-state index in [-0.39, 0.29) is 0 Å². The summed E-state index contributed by atoms with van der Waals surface area (Å²) in [5.74, 6) is 0. The van der Waals surface area contributed by atoms with Gasteiger partial charge in [0.15, 0.2) is 0 Å². The van der Waals surface area contributed by atoms with E-state index >= 15 is 0 Å². The second kappa shape index (κ2) is 5.97. The van der Waals surface area contributed by atoms with Gasteiger partial charge in [-0.1, -0.05) is 62.4 Å². The van der Waals surface area contributed by atoms with Crippen molar-refractivity contribution in [2.45, 2.75) is 20.3 Å². The number of benzene rings is 3. The van der Waals surface area contributed by atoms with E-state index in [1.165, 1.54) is 32.7 Å². The maximum atomic E-state index is 2.29. The van der Waals surface area contributed by atoms with Crippen LogP contribution in [0.3, 0.4) is 0 Å². The molecule has 0 fully saturated rings. The Morgan fingerprint density at radius 2 is 1.10 bits per heavy atom. The van der Waals surface area contributed by atoms with Crippen LogP contribution in [0.1, 0.15) is 31.4 Å². The lowest BCUT2D eigenvalue weighted by atomic mass is 9.98. The molecule has 0 radical (unpaired) electrons. The van der Waals surface area contributed by atoms with Crippen LogP contribution in [0.5, 0.6) is 0 Å². The Kier molecular flexibility index (Phi) is 3.87. The molecule has 0 heteroatoms. The fourth-order valence-corrected chi connectivity index (χ4v) is 2.78. The highest BCUT2D eigenvalue weighted by Crippen LogP contribution is 2.28. The van der Waals surface area contributed by atoms with Gasteiger partial charge >= 0.3 is 0 Å². The molecule has 4 rings (SSSR count). The third-order valence-corrected chi connectivity index (χ3v) is 3.77. The van der Waals surface area contributed by atoms with Crippen LogP contribution in [-0.4, -0.2) is 0 Å². The fourth-order valence-electron chi connectivity index (χ4n) is 2.78. The zero-order chi connectivity index (χ0) is 14.7. The molecule has 0 atom stereocenters. The number of rotatable bonds is 0. The van der Waals surface area contributed by atoms with Gasteiger partial charge in [-0.05, 0) is 63.4 Å². The molecule has 0 aromatic heterocycles. The summed E-state index contributed by atoms with van der Waals surface area (Å²) in [7, 11) is 0. The van der Waals surface area contributed by atoms with Gasteiger partial charge in [-0.15, -0.1) is 0 Å². The molecule has 0 N–H and O–H groups in total. The zero-order valence-corrected chi connectivity index (χ0v) is 12.6. The second-order valence-electron chi connectivity index (χ2n) is 5.07. The first kappa shape index (κ1) is 13.6. The molecule has 3 aromatic rings. The minimum Gasteiger partial charge on any atom is -0.0801 e. The van der Waals surface area contributed by atoms with Crippen LogP contribution in [0.25, 0.3) is 33.7 Å². The van der Waals surface area contributed by atoms with Crippen molar-refractivity contribution < 1.29 is 0 Å². The van der Waals surface area contributed by atoms with Crippen LogP contribution in [0.4, 0.5) is 0 Å². The molecule has 0 bridgehead atoms. The van der Waals surface area contributed by atoms with Gasteiger partial charge in [0.2, 0.25) is 0 Å². The average Bonchev–Trinajstić information content (AvgIpc) is 2.77. The summed E-state index contributed by atoms with van der Waals surface area (Å²) in [5.41, 5.74) is 2.63. The van der Waals surface area contributed by atoms with Crippen molar-refractivity contribution in [3.8, 4) is 0 Å². The number of hydrogen-bond acceptors (Lipinski definition) is 0. The van der Waals surface area contributed by atoms with Crippen molar-refractivity contribution in [3.63, 3.8) is 0 Å². The van der Waals surface area contributed by atoms with Gasteiger partial charge in [0.25, 0.3) is 0 Å². The Balaban J connectivity index is 0.000000636. The first-order chi connectivity index (χ1) is 10.4. The molecule has 1 aliphatic carbocycles. The van der Waals surface area contributed by atoms with Crippen molar-refractivity contribution in [3.05, 3.63) is 71.8 Å². The van der Waals surface area contributed by atoms with Crippen LogP contribution in [0.15, 0.2) is 60.7 Å². The van der Waals surface area contributed by atoms with Crippen molar-refractivity contribution in [1.82, 2.24) is 0 Å². The van der Waals surface area contributed by atoms with Crippen molar-refractivity contribution in [2.75, 3.05) is 0 Å². The van der Waals surface area contributed by atoms with Crippen LogP contribution in [-0.2, 0) is 0 Å². The van der Waals surface area contributed by atoms with Gasteiger partial charge in [0.1, 0.15) is 0 Å². The zero-order valence-electron chi connectivity index (χ0n) is 12.6. The molecule has 3 aromatic carbocycles. The molecule has 21 heavy (non-hydrogen) atoms. The van der Waals surface area contributed by atoms with Crippen LogP contribution < -0.4 is 0 Å². The summed E-state index contributed by atoms with van der Waals surface area (Å²) >= 11 is 0. The maximum Gasteiger partial charge on any atom is -0.0162 e. The quantitative estimate of drug-likeness (QED) is 0.412. The topological polar surface area (TPSA) is 0 Å². The Hall–Kier alpha value is -2.34. The minimum atomic E-state index is 1.02. The van der Waals surface area contributed by atoms with Crippen LogP contribution in [0.2, 0.25) is 0 Å². The molecule has 1 aliphatic rings. The molecule has 0 heterocycles. The van der Waals surface area contributed by atoms with E-state index in [4.69, 9.17) is 0 Å². The van der Waals surface area contributed by atoms with E-state index in [0.29, 0.717) is 0 Å². The maximum absolute atomic E-state index is 2.29. The SMILES string of the molecule is C1=Cc2cc3cc4ccccc4cc3cc2C=CC1.CC. The second-order valence-corrected chi connectivity index (χ2v) is 5.07. The van der Waals surface area contributed by atoms with Crippen LogP contribution >= 0.6 is 0 Å². The lowest BCUT2D eigenvalue weighted by molar-refractivity contribution is 1.44. The van der Waals surface area contributed by atoms with E-state index < -0.39 is 0 Å². The molecular formula is C21H20. The highest BCUT2D eigenvalue weighted by molar-refractivity contribution is 6.00. The molecule has 0 aliphatic heterocycles. The lowest BCUT2D eigenvalue weighted by Gasteiger charge is -2.07. The molecule has 104 valence electrons. The first-order valence-corrected chi connectivity index (χ1v) is 7.70. The molecule has 0 spiro atoms. The molecule has 0 saturated carbocycles. The molecule has 0 saturated heterocycles. The predicted octanol–water partition coefficient (Wildman–Crippen LogP) is 6.45. The molecule has 0 amide bonds. The Labute approximate surface area is 126 Å². The summed E-state index contributed by atoms with van der Waals surface area (Å²) in [6, 6.07) is 17.7. The summed E-state index contributed by atoms with van der Waals surface area (Å²) < 4.78 is 0. The summed E-state index contributed by atoms with van der Waals surface area (Å²) in [5, 5.41) is 5.25. The van der Waals surface area contributed by atoms with Gasteiger partial charge in [-0.25, -0.2) is 0 Å². The number of fused-ring (bicyclic) bond motifs is 3. The average molecular weight is 272 g/mol. The molecule has 0 nitrogen and oxygen atoms in total. The van der Waals surface area contributed by atoms with E-state index in [9.17, 15) is 0 Å². The van der Waals surface area contributed by atoms with Gasteiger partial charge in [0, 0.05) is 0 Å². The first-order valence-electron chi connectivity index (χ1n) is 7.70. The normalized spacial score (nSPS) is 12.7. The Bertz CT molecular complexity index is 765. The van der Waals surface area contributed by atoms with Gasteiger partial charge in [-0.2, -0.15) is 0 Å². The van der Waals surface area contributed by atoms with Crippen LogP contribution in [0, 0.1) is 0 Å². The monoisotopic (exact) mass is 272 g/mol. The third-order valence-electron chi connectivity index (χ3n) is 3.77. The summed E-state index contributed by atoms with van der Waals surface area (Å²) in [4.78, 5) is 0. The van der Waals surface area contributed by atoms with Gasteiger partial charge < -0.3 is 0 Å². The Morgan fingerprint density at radius 1 is 0.619 bits per heavy atom. The highest BCUT2D eigenvalue weighted by Gasteiger charge is 2.04. The standard InChI is InChI=1S/C19H14.C2H6/c1-2-6-14-10-18-12-16-8-4-5-9-17(16)13-19(18)11-15(14)7-3-1;1-2/h2-13H,1H2;1-2H3. The smallest absolute Gasteiger partial charge is 0.0162 e. The van der Waals surface area contributed by atoms with Gasteiger partial charge in [-0.3, -0.25) is 0 Å². The number of allylic oxidation sites excluding steroid dienone is 2. The largest absolute Gasteiger partial charge is 0.0801 e. The lowest BCUT2D eigenvalue weighted by Crippen LogP contribution is -1.83. The van der Waals surface area contributed by atoms with E-state index in [1.807, 2.05) is 13.8 Å². The van der Waals surface area contributed by atoms with Crippen molar-refractivity contribution in [1.29, 1.82) is 0 Å². The summed E-state index contributed by atoms with van der Waals surface area (Å²) in [6.45, 7) is 4.00. The van der Waals surface area contributed by atoms with Gasteiger partial charge in [0.05, 0.1) is 0 Å².